The number of carbonyl (C=O) groups is 1. The van der Waals surface area contributed by atoms with Crippen molar-refractivity contribution in [2.45, 2.75) is 65.4 Å². The molecule has 0 atom stereocenters. The summed E-state index contributed by atoms with van der Waals surface area (Å²) in [6, 6.07) is 8.73. The molecule has 1 aliphatic heterocycles. The largest absolute Gasteiger partial charge is 0.444 e. The molecule has 0 unspecified atom stereocenters. The van der Waals surface area contributed by atoms with Crippen molar-refractivity contribution in [3.8, 4) is 0 Å². The fraction of sp³-hybridized carbons (Fsp3) is 0.667. The molecule has 4 nitrogen and oxygen atoms in total. The second-order valence-corrected chi connectivity index (χ2v) is 9.12. The number of piperidine rings is 1. The summed E-state index contributed by atoms with van der Waals surface area (Å²) in [6.07, 6.45) is 1.86. The Kier molecular flexibility index (Phi) is 6.02. The van der Waals surface area contributed by atoms with Crippen LogP contribution in [-0.4, -0.2) is 36.2 Å². The predicted molar refractivity (Wildman–Crippen MR) is 104 cm³/mol. The summed E-state index contributed by atoms with van der Waals surface area (Å²) in [6.45, 7) is 14.9. The lowest BCUT2D eigenvalue weighted by Gasteiger charge is -2.33. The molecule has 1 aromatic carbocycles. The van der Waals surface area contributed by atoms with Crippen molar-refractivity contribution in [2.75, 3.05) is 25.0 Å². The van der Waals surface area contributed by atoms with Crippen molar-refractivity contribution in [1.82, 2.24) is 4.90 Å². The summed E-state index contributed by atoms with van der Waals surface area (Å²) >= 11 is 0. The van der Waals surface area contributed by atoms with E-state index in [4.69, 9.17) is 4.74 Å². The first-order valence-corrected chi connectivity index (χ1v) is 9.37. The highest BCUT2D eigenvalue weighted by Crippen LogP contribution is 2.24. The van der Waals surface area contributed by atoms with Crippen molar-refractivity contribution < 1.29 is 9.53 Å². The third-order valence-corrected chi connectivity index (χ3v) is 4.61. The maximum atomic E-state index is 12.1. The third kappa shape index (κ3) is 6.26. The standard InChI is InChI=1S/C21H34N2O2/c1-20(2,3)17-7-9-18(10-8-17)22-15-16-11-13-23(14-12-16)19(24)25-21(4,5)6/h7-10,16,22H,11-15H2,1-6H3. The molecule has 0 radical (unpaired) electrons. The maximum absolute atomic E-state index is 12.1. The van der Waals surface area contributed by atoms with Crippen molar-refractivity contribution in [3.63, 3.8) is 0 Å². The first-order valence-electron chi connectivity index (χ1n) is 9.37. The number of nitrogens with zero attached hydrogens (tertiary/aromatic N) is 1. The van der Waals surface area contributed by atoms with Crippen LogP contribution in [0.3, 0.4) is 0 Å². The lowest BCUT2D eigenvalue weighted by Crippen LogP contribution is -2.42. The Labute approximate surface area is 152 Å². The van der Waals surface area contributed by atoms with Crippen LogP contribution in [0.2, 0.25) is 0 Å². The zero-order valence-electron chi connectivity index (χ0n) is 16.7. The van der Waals surface area contributed by atoms with Crippen LogP contribution in [0.25, 0.3) is 0 Å². The number of hydrogen-bond acceptors (Lipinski definition) is 3. The molecule has 2 rings (SSSR count). The van der Waals surface area contributed by atoms with E-state index >= 15 is 0 Å². The fourth-order valence-corrected chi connectivity index (χ4v) is 3.00. The number of amides is 1. The van der Waals surface area contributed by atoms with Crippen molar-refractivity contribution in [3.05, 3.63) is 29.8 Å². The molecule has 1 saturated heterocycles. The Hall–Kier alpha value is -1.71. The van der Waals surface area contributed by atoms with Gasteiger partial charge in [-0.1, -0.05) is 32.9 Å². The molecule has 140 valence electrons. The molecule has 0 aromatic heterocycles. The number of rotatable bonds is 3. The van der Waals surface area contributed by atoms with E-state index in [9.17, 15) is 4.79 Å². The zero-order chi connectivity index (χ0) is 18.7. The van der Waals surface area contributed by atoms with Crippen LogP contribution in [0.15, 0.2) is 24.3 Å². The second kappa shape index (κ2) is 7.67. The van der Waals surface area contributed by atoms with Gasteiger partial charge in [0.25, 0.3) is 0 Å². The highest BCUT2D eigenvalue weighted by Gasteiger charge is 2.26. The smallest absolute Gasteiger partial charge is 0.410 e. The van der Waals surface area contributed by atoms with Gasteiger partial charge in [0, 0.05) is 25.3 Å². The lowest BCUT2D eigenvalue weighted by molar-refractivity contribution is 0.0188. The van der Waals surface area contributed by atoms with Gasteiger partial charge in [-0.15, -0.1) is 0 Å². The monoisotopic (exact) mass is 346 g/mol. The highest BCUT2D eigenvalue weighted by atomic mass is 16.6. The van der Waals surface area contributed by atoms with E-state index in [1.165, 1.54) is 11.3 Å². The van der Waals surface area contributed by atoms with Gasteiger partial charge < -0.3 is 15.0 Å². The van der Waals surface area contributed by atoms with Crippen molar-refractivity contribution in [1.29, 1.82) is 0 Å². The van der Waals surface area contributed by atoms with Gasteiger partial charge in [-0.05, 0) is 62.6 Å². The van der Waals surface area contributed by atoms with Gasteiger partial charge in [-0.2, -0.15) is 0 Å². The average Bonchev–Trinajstić information content (AvgIpc) is 2.51. The van der Waals surface area contributed by atoms with E-state index in [0.717, 1.165) is 32.5 Å². The molecule has 1 aliphatic rings. The molecule has 0 saturated carbocycles. The van der Waals surface area contributed by atoms with Gasteiger partial charge in [-0.3, -0.25) is 0 Å². The Morgan fingerprint density at radius 3 is 2.12 bits per heavy atom. The van der Waals surface area contributed by atoms with Gasteiger partial charge in [0.05, 0.1) is 0 Å². The van der Waals surface area contributed by atoms with E-state index in [2.05, 4.69) is 50.4 Å². The summed E-state index contributed by atoms with van der Waals surface area (Å²) in [5.41, 5.74) is 2.29. The number of benzene rings is 1. The van der Waals surface area contributed by atoms with E-state index in [1.807, 2.05) is 25.7 Å². The van der Waals surface area contributed by atoms with Gasteiger partial charge in [0.15, 0.2) is 0 Å². The van der Waals surface area contributed by atoms with Crippen LogP contribution in [-0.2, 0) is 10.2 Å². The molecule has 1 amide bonds. The Balaban J connectivity index is 1.76. The van der Waals surface area contributed by atoms with Gasteiger partial charge in [-0.25, -0.2) is 4.79 Å². The third-order valence-electron chi connectivity index (χ3n) is 4.61. The highest BCUT2D eigenvalue weighted by molar-refractivity contribution is 5.68. The summed E-state index contributed by atoms with van der Waals surface area (Å²) in [5.74, 6) is 0.598. The molecule has 25 heavy (non-hydrogen) atoms. The Morgan fingerprint density at radius 2 is 1.64 bits per heavy atom. The topological polar surface area (TPSA) is 41.6 Å². The molecule has 0 spiro atoms. The fourth-order valence-electron chi connectivity index (χ4n) is 3.00. The molecule has 1 fully saturated rings. The Bertz CT molecular complexity index is 559. The van der Waals surface area contributed by atoms with Crippen LogP contribution >= 0.6 is 0 Å². The molecule has 1 aromatic rings. The normalized spacial score (nSPS) is 16.6. The number of hydrogen-bond donors (Lipinski definition) is 1. The summed E-state index contributed by atoms with van der Waals surface area (Å²) in [7, 11) is 0. The number of ether oxygens (including phenoxy) is 1. The van der Waals surface area contributed by atoms with Crippen LogP contribution < -0.4 is 5.32 Å². The number of anilines is 1. The zero-order valence-corrected chi connectivity index (χ0v) is 16.7. The predicted octanol–water partition coefficient (Wildman–Crippen LogP) is 5.04. The van der Waals surface area contributed by atoms with E-state index in [-0.39, 0.29) is 11.5 Å². The minimum atomic E-state index is -0.422. The van der Waals surface area contributed by atoms with Crippen molar-refractivity contribution in [2.24, 2.45) is 5.92 Å². The van der Waals surface area contributed by atoms with Crippen LogP contribution in [0.1, 0.15) is 59.9 Å². The minimum Gasteiger partial charge on any atom is -0.444 e. The number of nitrogens with one attached hydrogen (secondary N) is 1. The summed E-state index contributed by atoms with van der Waals surface area (Å²) in [4.78, 5) is 13.9. The van der Waals surface area contributed by atoms with Crippen LogP contribution in [0, 0.1) is 5.92 Å². The quantitative estimate of drug-likeness (QED) is 0.833. The first kappa shape index (κ1) is 19.6. The van der Waals surface area contributed by atoms with E-state index in [1.54, 1.807) is 0 Å². The average molecular weight is 347 g/mol. The summed E-state index contributed by atoms with van der Waals surface area (Å²) in [5, 5.41) is 3.54. The van der Waals surface area contributed by atoms with Crippen LogP contribution in [0.4, 0.5) is 10.5 Å². The number of likely N-dealkylation sites (tertiary alicyclic amines) is 1. The van der Waals surface area contributed by atoms with Crippen molar-refractivity contribution >= 4 is 11.8 Å². The van der Waals surface area contributed by atoms with Gasteiger partial charge in [0.2, 0.25) is 0 Å². The molecule has 1 heterocycles. The molecule has 0 bridgehead atoms. The van der Waals surface area contributed by atoms with Gasteiger partial charge in [0.1, 0.15) is 5.60 Å². The maximum Gasteiger partial charge on any atom is 0.410 e. The van der Waals surface area contributed by atoms with E-state index in [0.29, 0.717) is 5.92 Å². The molecular formula is C21H34N2O2. The van der Waals surface area contributed by atoms with E-state index < -0.39 is 5.60 Å². The second-order valence-electron chi connectivity index (χ2n) is 9.12. The lowest BCUT2D eigenvalue weighted by atomic mass is 9.87. The minimum absolute atomic E-state index is 0.184. The number of carbonyl (C=O) groups excluding carboxylic acids is 1. The molecule has 1 N–H and O–H groups in total. The molecule has 4 heteroatoms. The SMILES string of the molecule is CC(C)(C)OC(=O)N1CCC(CNc2ccc(C(C)(C)C)cc2)CC1. The van der Waals surface area contributed by atoms with Crippen LogP contribution in [0.5, 0.6) is 0 Å². The Morgan fingerprint density at radius 1 is 1.08 bits per heavy atom. The molecule has 0 aliphatic carbocycles. The summed E-state index contributed by atoms with van der Waals surface area (Å²) < 4.78 is 5.45. The van der Waals surface area contributed by atoms with Gasteiger partial charge >= 0.3 is 6.09 Å². The first-order chi connectivity index (χ1) is 11.5. The molecular weight excluding hydrogens is 312 g/mol.